The van der Waals surface area contributed by atoms with Crippen molar-refractivity contribution >= 4 is 117 Å². The van der Waals surface area contributed by atoms with Gasteiger partial charge in [0.15, 0.2) is 0 Å². The monoisotopic (exact) mass is 1100 g/mol. The van der Waals surface area contributed by atoms with Crippen molar-refractivity contribution in [3.8, 4) is 33.4 Å². The van der Waals surface area contributed by atoms with Gasteiger partial charge < -0.3 is 4.74 Å². The summed E-state index contributed by atoms with van der Waals surface area (Å²) in [5.41, 5.74) is 7.77. The quantitative estimate of drug-likeness (QED) is 0.0837. The van der Waals surface area contributed by atoms with Crippen LogP contribution in [0.3, 0.4) is 0 Å². The number of hydrogen-bond donors (Lipinski definition) is 1. The van der Waals surface area contributed by atoms with Gasteiger partial charge in [0, 0.05) is 113 Å². The van der Waals surface area contributed by atoms with E-state index in [0.717, 1.165) is 61.9 Å². The summed E-state index contributed by atoms with van der Waals surface area (Å²) < 4.78 is 12.1. The number of aromatic nitrogens is 8. The molecular formula is C45H43BrCl8N8OSi. The Balaban J connectivity index is 0.000000168. The Labute approximate surface area is 422 Å². The van der Waals surface area contributed by atoms with Crippen molar-refractivity contribution < 1.29 is 4.74 Å². The van der Waals surface area contributed by atoms with Gasteiger partial charge in [0.05, 0.1) is 41.5 Å². The van der Waals surface area contributed by atoms with Gasteiger partial charge in [-0.15, -0.1) is 0 Å². The van der Waals surface area contributed by atoms with Gasteiger partial charge in [-0.1, -0.05) is 131 Å². The molecule has 8 rings (SSSR count). The van der Waals surface area contributed by atoms with Crippen LogP contribution < -0.4 is 0 Å². The Kier molecular flexibility index (Phi) is 19.8. The van der Waals surface area contributed by atoms with E-state index < -0.39 is 8.07 Å². The van der Waals surface area contributed by atoms with Crippen molar-refractivity contribution in [2.45, 2.75) is 45.9 Å². The van der Waals surface area contributed by atoms with Gasteiger partial charge in [-0.05, 0) is 89.6 Å². The molecule has 336 valence electrons. The van der Waals surface area contributed by atoms with E-state index in [4.69, 9.17) is 97.5 Å². The van der Waals surface area contributed by atoms with E-state index in [9.17, 15) is 0 Å². The second-order valence-corrected chi connectivity index (χ2v) is 25.2. The molecule has 0 aliphatic rings. The molecule has 64 heavy (non-hydrogen) atoms. The molecule has 0 unspecified atom stereocenters. The molecule has 4 aromatic carbocycles. The number of ether oxygens (including phenoxy) is 1. The Morgan fingerprint density at radius 1 is 0.625 bits per heavy atom. The number of aryl methyl sites for hydroxylation is 2. The Hall–Kier alpha value is -3.30. The average molecular weight is 1100 g/mol. The molecule has 0 bridgehead atoms. The molecule has 0 atom stereocenters. The van der Waals surface area contributed by atoms with E-state index in [-0.39, 0.29) is 0 Å². The highest BCUT2D eigenvalue weighted by atomic mass is 79.9. The Morgan fingerprint density at radius 3 is 1.55 bits per heavy atom. The third-order valence-corrected chi connectivity index (χ3v) is 13.8. The predicted octanol–water partition coefficient (Wildman–Crippen LogP) is 16.3. The lowest BCUT2D eigenvalue weighted by Crippen LogP contribution is -2.22. The van der Waals surface area contributed by atoms with Gasteiger partial charge in [-0.3, -0.25) is 14.5 Å². The largest absolute Gasteiger partial charge is 0.360 e. The summed E-state index contributed by atoms with van der Waals surface area (Å²) >= 11 is 50.6. The van der Waals surface area contributed by atoms with Gasteiger partial charge in [0.1, 0.15) is 6.73 Å². The lowest BCUT2D eigenvalue weighted by atomic mass is 10.1. The van der Waals surface area contributed by atoms with Crippen molar-refractivity contribution in [3.63, 3.8) is 0 Å². The maximum absolute atomic E-state index is 6.23. The highest BCUT2D eigenvalue weighted by molar-refractivity contribution is 9.10. The number of hydrogen-bond acceptors (Lipinski definition) is 5. The molecule has 0 saturated carbocycles. The van der Waals surface area contributed by atoms with Gasteiger partial charge in [-0.25, -0.2) is 4.68 Å². The van der Waals surface area contributed by atoms with Crippen LogP contribution in [-0.2, 0) is 25.1 Å². The molecule has 0 saturated heterocycles. The molecule has 0 spiro atoms. The van der Waals surface area contributed by atoms with Gasteiger partial charge in [0.2, 0.25) is 0 Å². The summed E-state index contributed by atoms with van der Waals surface area (Å²) in [5.74, 6) is 0. The molecule has 0 aliphatic carbocycles. The van der Waals surface area contributed by atoms with Crippen LogP contribution in [0.1, 0.15) is 11.4 Å². The highest BCUT2D eigenvalue weighted by Crippen LogP contribution is 2.32. The third-order valence-electron chi connectivity index (χ3n) is 9.02. The number of aromatic amines is 1. The summed E-state index contributed by atoms with van der Waals surface area (Å²) in [5, 5.41) is 24.7. The molecule has 0 radical (unpaired) electrons. The molecule has 19 heteroatoms. The second kappa shape index (κ2) is 24.5. The van der Waals surface area contributed by atoms with E-state index in [1.807, 2.05) is 72.1 Å². The normalized spacial score (nSPS) is 11.0. The molecule has 8 aromatic rings. The fraction of sp³-hybridized carbons (Fsp3) is 0.200. The first-order valence-electron chi connectivity index (χ1n) is 19.4. The maximum Gasteiger partial charge on any atom is 0.139 e. The molecule has 1 N–H and O–H groups in total. The molecular weight excluding hydrogens is 1060 g/mol. The van der Waals surface area contributed by atoms with E-state index in [1.54, 1.807) is 65.9 Å². The number of halogens is 9. The summed E-state index contributed by atoms with van der Waals surface area (Å²) in [6, 6.07) is 24.8. The molecule has 0 aliphatic heterocycles. The van der Waals surface area contributed by atoms with Crippen LogP contribution in [0.4, 0.5) is 0 Å². The van der Waals surface area contributed by atoms with Crippen molar-refractivity contribution in [3.05, 3.63) is 172 Å². The van der Waals surface area contributed by atoms with Crippen molar-refractivity contribution in [1.29, 1.82) is 0 Å². The van der Waals surface area contributed by atoms with E-state index in [2.05, 4.69) is 67.1 Å². The van der Waals surface area contributed by atoms with Crippen molar-refractivity contribution in [2.24, 2.45) is 7.05 Å². The molecule has 0 amide bonds. The molecule has 4 heterocycles. The second-order valence-electron chi connectivity index (χ2n) is 15.4. The zero-order valence-corrected chi connectivity index (χ0v) is 43.9. The lowest BCUT2D eigenvalue weighted by Gasteiger charge is -2.15. The molecule has 9 nitrogen and oxygen atoms in total. The smallest absolute Gasteiger partial charge is 0.139 e. The van der Waals surface area contributed by atoms with Crippen LogP contribution in [0.2, 0.25) is 65.9 Å². The SMILES string of the molecule is C[Si](C)(C)CCOCn1cc(-c2ccc(Cl)cc2Cl)cn1.Cc1cc(Cn2cc(-c3ccc(Cl)cc3Cl)cn2)n(C)n1.Clc1ccc(-c2cn[nH]c2)c(Cl)c1.Clc1ccc(Br)c(Cl)c1. The Bertz CT molecular complexity index is 2750. The van der Waals surface area contributed by atoms with Crippen molar-refractivity contribution in [2.75, 3.05) is 6.61 Å². The van der Waals surface area contributed by atoms with Gasteiger partial charge in [0.25, 0.3) is 0 Å². The van der Waals surface area contributed by atoms with Crippen LogP contribution >= 0.6 is 109 Å². The number of nitrogens with zero attached hydrogens (tertiary/aromatic N) is 7. The maximum atomic E-state index is 6.23. The summed E-state index contributed by atoms with van der Waals surface area (Å²) in [6.45, 7) is 10.9. The molecule has 4 aromatic heterocycles. The highest BCUT2D eigenvalue weighted by Gasteiger charge is 2.13. The predicted molar refractivity (Wildman–Crippen MR) is 275 cm³/mol. The first kappa shape index (κ1) is 51.7. The van der Waals surface area contributed by atoms with E-state index in [1.165, 1.54) is 0 Å². The van der Waals surface area contributed by atoms with Crippen LogP contribution in [-0.4, -0.2) is 54.2 Å². The summed E-state index contributed by atoms with van der Waals surface area (Å²) in [7, 11) is 0.893. The number of H-pyrrole nitrogens is 1. The minimum atomic E-state index is -1.04. The number of rotatable bonds is 10. The zero-order valence-electron chi connectivity index (χ0n) is 35.2. The average Bonchev–Trinajstić information content (AvgIpc) is 4.06. The van der Waals surface area contributed by atoms with Gasteiger partial charge in [-0.2, -0.15) is 20.4 Å². The van der Waals surface area contributed by atoms with Gasteiger partial charge >= 0.3 is 0 Å². The first-order chi connectivity index (χ1) is 30.3. The van der Waals surface area contributed by atoms with Crippen LogP contribution in [0, 0.1) is 6.92 Å². The fourth-order valence-corrected chi connectivity index (χ4v) is 8.68. The van der Waals surface area contributed by atoms with E-state index in [0.29, 0.717) is 53.5 Å². The Morgan fingerprint density at radius 2 is 1.11 bits per heavy atom. The zero-order chi connectivity index (χ0) is 46.6. The fourth-order valence-electron chi connectivity index (χ4n) is 5.72. The van der Waals surface area contributed by atoms with Crippen LogP contribution in [0.5, 0.6) is 0 Å². The topological polar surface area (TPSA) is 91.4 Å². The van der Waals surface area contributed by atoms with Crippen LogP contribution in [0.25, 0.3) is 33.4 Å². The first-order valence-corrected chi connectivity index (χ1v) is 27.0. The summed E-state index contributed by atoms with van der Waals surface area (Å²) in [4.78, 5) is 0. The lowest BCUT2D eigenvalue weighted by molar-refractivity contribution is 0.0786. The molecule has 0 fully saturated rings. The third kappa shape index (κ3) is 16.2. The minimum Gasteiger partial charge on any atom is -0.360 e. The van der Waals surface area contributed by atoms with Crippen molar-refractivity contribution in [1.82, 2.24) is 39.5 Å². The van der Waals surface area contributed by atoms with E-state index >= 15 is 0 Å². The minimum absolute atomic E-state index is 0.468. The number of benzene rings is 4. The standard InChI is InChI=1S/C15H14Cl2N4.C15H20Cl2N2OSi.C9H6Cl2N2.C6H3BrCl2/c1-10-5-13(20(2)19-10)9-21-8-11(7-18-21)14-4-3-12(16)6-15(14)17;1-21(2,3)7-6-20-11-19-10-12(9-18-19)14-5-4-13(16)8-15(14)17;10-7-1-2-8(9(11)3-7)6-4-12-13-5-6;7-5-2-1-4(8)3-6(5)9/h3-8H,9H2,1-2H3;4-5,8-10H,6-7,11H2,1-3H3;1-5H,(H,12,13);1-3H. The number of nitrogens with one attached hydrogen (secondary N) is 1. The summed E-state index contributed by atoms with van der Waals surface area (Å²) in [6.07, 6.45) is 11.0. The van der Waals surface area contributed by atoms with Crippen LogP contribution in [0.15, 0.2) is 121 Å².